The van der Waals surface area contributed by atoms with E-state index in [2.05, 4.69) is 11.9 Å². The lowest BCUT2D eigenvalue weighted by atomic mass is 9.89. The average molecular weight is 437 g/mol. The Morgan fingerprint density at radius 1 is 1.17 bits per heavy atom. The van der Waals surface area contributed by atoms with Crippen LogP contribution in [0.3, 0.4) is 0 Å². The van der Waals surface area contributed by atoms with Gasteiger partial charge < -0.3 is 9.72 Å². The van der Waals surface area contributed by atoms with Gasteiger partial charge in [0.25, 0.3) is 5.56 Å². The molecule has 0 bridgehead atoms. The van der Waals surface area contributed by atoms with Crippen LogP contribution in [0.25, 0.3) is 21.6 Å². The van der Waals surface area contributed by atoms with Crippen LogP contribution in [-0.4, -0.2) is 9.97 Å². The monoisotopic (exact) mass is 436 g/mol. The van der Waals surface area contributed by atoms with Gasteiger partial charge in [0.05, 0.1) is 5.39 Å². The Labute approximate surface area is 183 Å². The lowest BCUT2D eigenvalue weighted by Gasteiger charge is -2.17. The molecule has 4 nitrogen and oxygen atoms in total. The number of aromatic nitrogens is 2. The molecule has 6 heteroatoms. The lowest BCUT2D eigenvalue weighted by molar-refractivity contribution is 0.306. The summed E-state index contributed by atoms with van der Waals surface area (Å²) in [6.45, 7) is 2.74. The van der Waals surface area contributed by atoms with Gasteiger partial charge in [0, 0.05) is 15.5 Å². The minimum Gasteiger partial charge on any atom is -0.489 e. The molecule has 0 unspecified atom stereocenters. The summed E-state index contributed by atoms with van der Waals surface area (Å²) < 4.78 is 5.85. The predicted octanol–water partition coefficient (Wildman–Crippen LogP) is 6.01. The van der Waals surface area contributed by atoms with Gasteiger partial charge in [-0.15, -0.1) is 11.3 Å². The highest BCUT2D eigenvalue weighted by Gasteiger charge is 2.23. The Balaban J connectivity index is 1.38. The number of nitrogens with one attached hydrogen (secondary N) is 1. The summed E-state index contributed by atoms with van der Waals surface area (Å²) in [5.74, 6) is 2.03. The molecule has 2 aromatic carbocycles. The van der Waals surface area contributed by atoms with E-state index in [1.54, 1.807) is 11.3 Å². The molecule has 5 rings (SSSR count). The van der Waals surface area contributed by atoms with Crippen molar-refractivity contribution in [3.8, 4) is 17.1 Å². The lowest BCUT2D eigenvalue weighted by Crippen LogP contribution is -2.13. The first-order valence-corrected chi connectivity index (χ1v) is 11.3. The quantitative estimate of drug-likeness (QED) is 0.426. The first kappa shape index (κ1) is 19.3. The third kappa shape index (κ3) is 3.75. The molecule has 4 aromatic rings. The summed E-state index contributed by atoms with van der Waals surface area (Å²) in [5.41, 5.74) is 3.09. The van der Waals surface area contributed by atoms with Gasteiger partial charge in [-0.1, -0.05) is 30.7 Å². The van der Waals surface area contributed by atoms with Crippen molar-refractivity contribution in [2.75, 3.05) is 0 Å². The summed E-state index contributed by atoms with van der Waals surface area (Å²) >= 11 is 7.59. The molecule has 0 aliphatic heterocycles. The van der Waals surface area contributed by atoms with Gasteiger partial charge in [-0.25, -0.2) is 4.98 Å². The topological polar surface area (TPSA) is 55.0 Å². The number of hydrogen-bond donors (Lipinski definition) is 1. The van der Waals surface area contributed by atoms with Crippen molar-refractivity contribution in [1.82, 2.24) is 9.97 Å². The fraction of sp³-hybridized carbons (Fsp3) is 0.250. The maximum atomic E-state index is 12.8. The first-order chi connectivity index (χ1) is 14.6. The molecule has 0 amide bonds. The van der Waals surface area contributed by atoms with Gasteiger partial charge in [0.1, 0.15) is 23.0 Å². The van der Waals surface area contributed by atoms with Crippen LogP contribution in [0.5, 0.6) is 5.75 Å². The molecule has 2 aromatic heterocycles. The second-order valence-corrected chi connectivity index (χ2v) is 9.41. The number of benzene rings is 2. The number of aromatic amines is 1. The van der Waals surface area contributed by atoms with Crippen LogP contribution in [0.1, 0.15) is 29.3 Å². The van der Waals surface area contributed by atoms with E-state index in [0.29, 0.717) is 23.4 Å². The van der Waals surface area contributed by atoms with Gasteiger partial charge in [0.15, 0.2) is 0 Å². The van der Waals surface area contributed by atoms with Crippen LogP contribution >= 0.6 is 22.9 Å². The van der Waals surface area contributed by atoms with Crippen molar-refractivity contribution in [2.24, 2.45) is 5.92 Å². The predicted molar refractivity (Wildman–Crippen MR) is 123 cm³/mol. The summed E-state index contributed by atoms with van der Waals surface area (Å²) in [7, 11) is 0. The third-order valence-corrected chi connectivity index (χ3v) is 7.01. The van der Waals surface area contributed by atoms with E-state index in [0.717, 1.165) is 46.4 Å². The molecule has 1 N–H and O–H groups in total. The highest BCUT2D eigenvalue weighted by molar-refractivity contribution is 7.18. The number of nitrogens with zero attached hydrogens (tertiary/aromatic N) is 1. The van der Waals surface area contributed by atoms with Crippen LogP contribution in [-0.2, 0) is 19.4 Å². The molecule has 0 saturated carbocycles. The molecule has 1 atom stereocenters. The number of ether oxygens (including phenoxy) is 1. The smallest absolute Gasteiger partial charge is 0.260 e. The van der Waals surface area contributed by atoms with Gasteiger partial charge in [-0.3, -0.25) is 4.79 Å². The van der Waals surface area contributed by atoms with E-state index in [1.165, 1.54) is 10.4 Å². The number of hydrogen-bond acceptors (Lipinski definition) is 4. The van der Waals surface area contributed by atoms with Crippen molar-refractivity contribution in [1.29, 1.82) is 0 Å². The van der Waals surface area contributed by atoms with Gasteiger partial charge in [-0.05, 0) is 72.7 Å². The Kier molecular flexibility index (Phi) is 5.09. The second-order valence-electron chi connectivity index (χ2n) is 7.89. The number of H-pyrrole nitrogens is 1. The standard InChI is InChI=1S/C24H21ClN2O2S/c1-14-2-11-19-20(12-14)30-24-21(19)23(28)26-22(27-24)16-5-9-18(10-6-16)29-13-15-3-7-17(25)8-4-15/h3-10,14H,2,11-13H2,1H3,(H,26,27,28)/t14-/m0/s1. The van der Waals surface area contributed by atoms with Crippen LogP contribution < -0.4 is 10.3 Å². The summed E-state index contributed by atoms with van der Waals surface area (Å²) in [6.07, 6.45) is 3.16. The molecule has 30 heavy (non-hydrogen) atoms. The number of aryl methyl sites for hydroxylation is 1. The first-order valence-electron chi connectivity index (χ1n) is 10.1. The van der Waals surface area contributed by atoms with E-state index >= 15 is 0 Å². The van der Waals surface area contributed by atoms with Gasteiger partial charge >= 0.3 is 0 Å². The molecule has 2 heterocycles. The minimum atomic E-state index is -0.0369. The fourth-order valence-electron chi connectivity index (χ4n) is 3.94. The highest BCUT2D eigenvalue weighted by atomic mass is 35.5. The number of fused-ring (bicyclic) bond motifs is 3. The van der Waals surface area contributed by atoms with E-state index in [-0.39, 0.29) is 5.56 Å². The summed E-state index contributed by atoms with van der Waals surface area (Å²) in [6, 6.07) is 15.2. The largest absolute Gasteiger partial charge is 0.489 e. The molecule has 0 saturated heterocycles. The van der Waals surface area contributed by atoms with Crippen LogP contribution in [0, 0.1) is 5.92 Å². The Morgan fingerprint density at radius 3 is 2.70 bits per heavy atom. The molecular formula is C24H21ClN2O2S. The van der Waals surface area contributed by atoms with E-state index in [1.807, 2.05) is 48.5 Å². The van der Waals surface area contributed by atoms with Crippen molar-refractivity contribution in [3.63, 3.8) is 0 Å². The Bertz CT molecular complexity index is 1260. The molecule has 1 aliphatic carbocycles. The Hall–Kier alpha value is -2.63. The van der Waals surface area contributed by atoms with E-state index in [4.69, 9.17) is 21.3 Å². The molecule has 0 radical (unpaired) electrons. The normalized spacial score (nSPS) is 15.9. The molecule has 1 aliphatic rings. The van der Waals surface area contributed by atoms with Gasteiger partial charge in [-0.2, -0.15) is 0 Å². The SMILES string of the molecule is C[C@H]1CCc2c(sc3nc(-c4ccc(OCc5ccc(Cl)cc5)cc4)[nH]c(=O)c23)C1. The zero-order valence-corrected chi connectivity index (χ0v) is 18.1. The maximum Gasteiger partial charge on any atom is 0.260 e. The van der Waals surface area contributed by atoms with Crippen LogP contribution in [0.15, 0.2) is 53.3 Å². The van der Waals surface area contributed by atoms with Gasteiger partial charge in [0.2, 0.25) is 0 Å². The maximum absolute atomic E-state index is 12.8. The summed E-state index contributed by atoms with van der Waals surface area (Å²) in [5, 5.41) is 1.50. The summed E-state index contributed by atoms with van der Waals surface area (Å²) in [4.78, 5) is 22.7. The number of halogens is 1. The molecule has 0 fully saturated rings. The second kappa shape index (κ2) is 7.89. The van der Waals surface area contributed by atoms with Crippen molar-refractivity contribution in [3.05, 3.63) is 79.9 Å². The minimum absolute atomic E-state index is 0.0369. The van der Waals surface area contributed by atoms with Crippen molar-refractivity contribution in [2.45, 2.75) is 32.8 Å². The van der Waals surface area contributed by atoms with Crippen molar-refractivity contribution >= 4 is 33.2 Å². The van der Waals surface area contributed by atoms with E-state index < -0.39 is 0 Å². The molecule has 152 valence electrons. The molecule has 0 spiro atoms. The van der Waals surface area contributed by atoms with Crippen molar-refractivity contribution < 1.29 is 4.74 Å². The van der Waals surface area contributed by atoms with E-state index in [9.17, 15) is 4.79 Å². The third-order valence-electron chi connectivity index (χ3n) is 5.61. The average Bonchev–Trinajstić information content (AvgIpc) is 3.11. The van der Waals surface area contributed by atoms with Crippen LogP contribution in [0.4, 0.5) is 0 Å². The Morgan fingerprint density at radius 2 is 1.93 bits per heavy atom. The zero-order valence-electron chi connectivity index (χ0n) is 16.6. The zero-order chi connectivity index (χ0) is 20.7. The number of rotatable bonds is 4. The fourth-order valence-corrected chi connectivity index (χ4v) is 5.45. The number of thiophene rings is 1. The highest BCUT2D eigenvalue weighted by Crippen LogP contribution is 2.36. The van der Waals surface area contributed by atoms with Crippen LogP contribution in [0.2, 0.25) is 5.02 Å². The molecular weight excluding hydrogens is 416 g/mol.